The van der Waals surface area contributed by atoms with E-state index in [-0.39, 0.29) is 0 Å². The summed E-state index contributed by atoms with van der Waals surface area (Å²) < 4.78 is 18.8. The minimum atomic E-state index is 0.873. The van der Waals surface area contributed by atoms with Crippen LogP contribution >= 0.6 is 0 Å². The summed E-state index contributed by atoms with van der Waals surface area (Å²) in [5.74, 6) is 0. The average molecular weight is 513 g/mol. The molecule has 0 bridgehead atoms. The number of benzene rings is 6. The highest BCUT2D eigenvalue weighted by Crippen LogP contribution is 2.43. The van der Waals surface area contributed by atoms with Gasteiger partial charge in [0.25, 0.3) is 0 Å². The number of hydrogen-bond donors (Lipinski definition) is 0. The van der Waals surface area contributed by atoms with E-state index in [9.17, 15) is 0 Å². The Morgan fingerprint density at radius 1 is 0.350 bits per heavy atom. The summed E-state index contributed by atoms with van der Waals surface area (Å²) in [5.41, 5.74) is 13.0. The fourth-order valence-electron chi connectivity index (χ4n) is 6.76. The van der Waals surface area contributed by atoms with E-state index in [1.54, 1.807) is 0 Å². The molecule has 0 saturated carbocycles. The van der Waals surface area contributed by atoms with Crippen LogP contribution in [0.3, 0.4) is 0 Å². The minimum absolute atomic E-state index is 0.873. The van der Waals surface area contributed by atoms with Gasteiger partial charge in [-0.3, -0.25) is 0 Å². The summed E-state index contributed by atoms with van der Waals surface area (Å²) in [5, 5.41) is 6.65. The van der Waals surface area contributed by atoms with Crippen molar-refractivity contribution in [1.82, 2.24) is 0 Å². The Bertz CT molecular complexity index is 2520. The quantitative estimate of drug-likeness (QED) is 0.220. The molecule has 0 atom stereocenters. The van der Waals surface area contributed by atoms with Crippen LogP contribution < -0.4 is 0 Å². The molecule has 10 rings (SSSR count). The van der Waals surface area contributed by atoms with Crippen molar-refractivity contribution in [1.29, 1.82) is 0 Å². The number of para-hydroxylation sites is 1. The number of hydrogen-bond acceptors (Lipinski definition) is 3. The molecule has 1 aliphatic carbocycles. The standard InChI is InChI=1S/C37H20O3/c1-2-6-24-22(5-1)13-23-16-29-27-14-20(9-11-33(27)39-35(29)17-26(23)24)21-10-12-34-28(15-21)31-19-36-30(18-37(31)40-34)25-7-3-4-8-32(25)38-36/h1-12,14-19H,13H2. The summed E-state index contributed by atoms with van der Waals surface area (Å²) in [6, 6.07) is 38.5. The van der Waals surface area contributed by atoms with E-state index in [0.29, 0.717) is 0 Å². The van der Waals surface area contributed by atoms with E-state index in [2.05, 4.69) is 91.0 Å². The van der Waals surface area contributed by atoms with Crippen molar-refractivity contribution in [2.24, 2.45) is 0 Å². The molecular formula is C37H20O3. The third kappa shape index (κ3) is 2.69. The lowest BCUT2D eigenvalue weighted by Crippen LogP contribution is -1.80. The minimum Gasteiger partial charge on any atom is -0.456 e. The molecule has 0 spiro atoms. The Morgan fingerprint density at radius 2 is 0.900 bits per heavy atom. The van der Waals surface area contributed by atoms with Crippen molar-refractivity contribution in [2.75, 3.05) is 0 Å². The van der Waals surface area contributed by atoms with Crippen LogP contribution in [0.5, 0.6) is 0 Å². The van der Waals surface area contributed by atoms with E-state index in [4.69, 9.17) is 13.3 Å². The van der Waals surface area contributed by atoms with Gasteiger partial charge < -0.3 is 13.3 Å². The van der Waals surface area contributed by atoms with Crippen LogP contribution in [-0.2, 0) is 6.42 Å². The van der Waals surface area contributed by atoms with Gasteiger partial charge in [0.2, 0.25) is 0 Å². The normalized spacial score (nSPS) is 12.9. The van der Waals surface area contributed by atoms with Gasteiger partial charge in [-0.25, -0.2) is 0 Å². The fourth-order valence-corrected chi connectivity index (χ4v) is 6.76. The second kappa shape index (κ2) is 7.22. The summed E-state index contributed by atoms with van der Waals surface area (Å²) in [6.45, 7) is 0. The molecule has 40 heavy (non-hydrogen) atoms. The van der Waals surface area contributed by atoms with Crippen LogP contribution in [0.2, 0.25) is 0 Å². The molecule has 3 heteroatoms. The van der Waals surface area contributed by atoms with Gasteiger partial charge in [0.15, 0.2) is 0 Å². The van der Waals surface area contributed by atoms with Gasteiger partial charge >= 0.3 is 0 Å². The van der Waals surface area contributed by atoms with Crippen LogP contribution in [0.1, 0.15) is 11.1 Å². The molecule has 3 heterocycles. The van der Waals surface area contributed by atoms with Crippen molar-refractivity contribution >= 4 is 65.8 Å². The van der Waals surface area contributed by atoms with E-state index in [1.165, 1.54) is 27.6 Å². The molecule has 3 nitrogen and oxygen atoms in total. The highest BCUT2D eigenvalue weighted by Gasteiger charge is 2.21. The van der Waals surface area contributed by atoms with Gasteiger partial charge in [0, 0.05) is 32.3 Å². The van der Waals surface area contributed by atoms with Crippen molar-refractivity contribution in [3.8, 4) is 22.3 Å². The predicted molar refractivity (Wildman–Crippen MR) is 162 cm³/mol. The third-order valence-electron chi connectivity index (χ3n) is 8.69. The lowest BCUT2D eigenvalue weighted by Gasteiger charge is -2.03. The second-order valence-corrected chi connectivity index (χ2v) is 10.9. The summed E-state index contributed by atoms with van der Waals surface area (Å²) in [4.78, 5) is 0. The fraction of sp³-hybridized carbons (Fsp3) is 0.0270. The zero-order chi connectivity index (χ0) is 25.9. The Balaban J connectivity index is 1.14. The number of fused-ring (bicyclic) bond motifs is 12. The molecule has 0 aliphatic heterocycles. The predicted octanol–water partition coefficient (Wildman–Crippen LogP) is 10.6. The first-order valence-electron chi connectivity index (χ1n) is 13.6. The Labute approximate surface area is 227 Å². The van der Waals surface area contributed by atoms with Crippen molar-refractivity contribution < 1.29 is 13.3 Å². The van der Waals surface area contributed by atoms with Crippen LogP contribution in [0, 0.1) is 0 Å². The van der Waals surface area contributed by atoms with Crippen LogP contribution in [0.4, 0.5) is 0 Å². The van der Waals surface area contributed by atoms with Gasteiger partial charge in [0.05, 0.1) is 0 Å². The molecule has 9 aromatic rings. The molecule has 3 aromatic heterocycles. The zero-order valence-corrected chi connectivity index (χ0v) is 21.3. The highest BCUT2D eigenvalue weighted by atomic mass is 16.3. The lowest BCUT2D eigenvalue weighted by atomic mass is 9.99. The molecule has 186 valence electrons. The topological polar surface area (TPSA) is 39.4 Å². The summed E-state index contributed by atoms with van der Waals surface area (Å²) >= 11 is 0. The summed E-state index contributed by atoms with van der Waals surface area (Å²) in [7, 11) is 0. The van der Waals surface area contributed by atoms with E-state index in [0.717, 1.165) is 78.0 Å². The first kappa shape index (κ1) is 20.7. The molecule has 0 saturated heterocycles. The Hall–Kier alpha value is -5.28. The van der Waals surface area contributed by atoms with Crippen molar-refractivity contribution in [3.05, 3.63) is 120 Å². The monoisotopic (exact) mass is 512 g/mol. The maximum atomic E-state index is 6.34. The zero-order valence-electron chi connectivity index (χ0n) is 21.3. The maximum Gasteiger partial charge on any atom is 0.136 e. The first-order chi connectivity index (χ1) is 19.8. The number of rotatable bonds is 1. The van der Waals surface area contributed by atoms with Crippen LogP contribution in [-0.4, -0.2) is 0 Å². The first-order valence-corrected chi connectivity index (χ1v) is 13.6. The van der Waals surface area contributed by atoms with Gasteiger partial charge in [-0.2, -0.15) is 0 Å². The molecular weight excluding hydrogens is 492 g/mol. The SMILES string of the molecule is c1ccc2c(c1)Cc1cc3c(cc1-2)oc1ccc(-c2ccc4oc5cc6c(cc5c4c2)oc2ccccc26)cc13. The van der Waals surface area contributed by atoms with Crippen LogP contribution in [0.25, 0.3) is 88.1 Å². The molecule has 1 aliphatic rings. The summed E-state index contributed by atoms with van der Waals surface area (Å²) in [6.07, 6.45) is 0.969. The molecule has 0 radical (unpaired) electrons. The van der Waals surface area contributed by atoms with Gasteiger partial charge in [-0.15, -0.1) is 0 Å². The lowest BCUT2D eigenvalue weighted by molar-refractivity contribution is 0.664. The van der Waals surface area contributed by atoms with E-state index < -0.39 is 0 Å². The van der Waals surface area contributed by atoms with Gasteiger partial charge in [-0.05, 0) is 94.4 Å². The van der Waals surface area contributed by atoms with Crippen molar-refractivity contribution in [2.45, 2.75) is 6.42 Å². The molecule has 0 fully saturated rings. The third-order valence-corrected chi connectivity index (χ3v) is 8.69. The largest absolute Gasteiger partial charge is 0.456 e. The van der Waals surface area contributed by atoms with E-state index >= 15 is 0 Å². The van der Waals surface area contributed by atoms with Crippen molar-refractivity contribution in [3.63, 3.8) is 0 Å². The smallest absolute Gasteiger partial charge is 0.136 e. The average Bonchev–Trinajstić information content (AvgIpc) is 3.73. The maximum absolute atomic E-state index is 6.34. The second-order valence-electron chi connectivity index (χ2n) is 10.9. The van der Waals surface area contributed by atoms with E-state index in [1.807, 2.05) is 18.2 Å². The molecule has 6 aromatic carbocycles. The number of furan rings is 3. The molecule has 0 amide bonds. The molecule has 0 unspecified atom stereocenters. The van der Waals surface area contributed by atoms with Gasteiger partial charge in [-0.1, -0.05) is 54.6 Å². The van der Waals surface area contributed by atoms with Gasteiger partial charge in [0.1, 0.15) is 33.5 Å². The highest BCUT2D eigenvalue weighted by molar-refractivity contribution is 6.15. The molecule has 0 N–H and O–H groups in total. The van der Waals surface area contributed by atoms with Crippen LogP contribution in [0.15, 0.2) is 122 Å². The Kier molecular flexibility index (Phi) is 3.73. The Morgan fingerprint density at radius 3 is 1.65 bits per heavy atom.